The van der Waals surface area contributed by atoms with Gasteiger partial charge < -0.3 is 14.2 Å². The van der Waals surface area contributed by atoms with E-state index in [0.29, 0.717) is 49.1 Å². The molecule has 5 aromatic heterocycles. The van der Waals surface area contributed by atoms with E-state index >= 15 is 0 Å². The number of hydrogen-bond acceptors (Lipinski definition) is 9. The van der Waals surface area contributed by atoms with E-state index in [1.54, 1.807) is 35.1 Å². The third-order valence-corrected chi connectivity index (χ3v) is 6.39. The third kappa shape index (κ3) is 4.38. The Kier molecular flexibility index (Phi) is 5.66. The molecule has 13 nitrogen and oxygen atoms in total. The van der Waals surface area contributed by atoms with Crippen LogP contribution in [0.5, 0.6) is 0 Å². The first-order valence-corrected chi connectivity index (χ1v) is 11.7. The largest absolute Gasteiger partial charge is 0.417 e. The molecule has 6 heterocycles. The number of carbonyl (C=O) groups is 1. The molecule has 0 saturated carbocycles. The van der Waals surface area contributed by atoms with Crippen molar-refractivity contribution < 1.29 is 22.4 Å². The number of halogens is 3. The smallest absolute Gasteiger partial charge is 0.402 e. The highest BCUT2D eigenvalue weighted by Gasteiger charge is 2.31. The normalized spacial score (nSPS) is 14.4. The van der Waals surface area contributed by atoms with Gasteiger partial charge in [-0.3, -0.25) is 19.6 Å². The van der Waals surface area contributed by atoms with Crippen molar-refractivity contribution in [2.24, 2.45) is 0 Å². The first kappa shape index (κ1) is 24.3. The van der Waals surface area contributed by atoms with Crippen LogP contribution in [0.2, 0.25) is 0 Å². The molecule has 1 amide bonds. The fourth-order valence-electron chi connectivity index (χ4n) is 4.27. The van der Waals surface area contributed by atoms with Gasteiger partial charge in [-0.25, -0.2) is 9.20 Å². The summed E-state index contributed by atoms with van der Waals surface area (Å²) in [5, 5.41) is 16.5. The molecule has 0 aromatic carbocycles. The van der Waals surface area contributed by atoms with Crippen LogP contribution in [0.3, 0.4) is 0 Å². The number of fused-ring (bicyclic) bond motifs is 1. The molecule has 1 fully saturated rings. The van der Waals surface area contributed by atoms with Gasteiger partial charge in [-0.1, -0.05) is 5.10 Å². The van der Waals surface area contributed by atoms with Gasteiger partial charge in [0.2, 0.25) is 5.95 Å². The minimum absolute atomic E-state index is 0.00924. The number of aromatic amines is 1. The number of aromatic nitrogens is 8. The number of nitrogens with one attached hydrogen (secondary N) is 1. The fourth-order valence-corrected chi connectivity index (χ4v) is 4.27. The highest BCUT2D eigenvalue weighted by Crippen LogP contribution is 2.30. The van der Waals surface area contributed by atoms with Crippen LogP contribution in [0.4, 0.5) is 19.2 Å². The number of rotatable bonds is 4. The minimum atomic E-state index is -4.49. The monoisotopic (exact) mass is 540 g/mol. The van der Waals surface area contributed by atoms with Crippen LogP contribution < -0.4 is 10.5 Å². The molecule has 16 heteroatoms. The summed E-state index contributed by atoms with van der Waals surface area (Å²) in [5.41, 5.74) is 0.188. The van der Waals surface area contributed by atoms with Crippen molar-refractivity contribution in [2.45, 2.75) is 13.1 Å². The number of H-pyrrole nitrogens is 1. The van der Waals surface area contributed by atoms with Crippen LogP contribution in [0.25, 0.3) is 23.0 Å². The maximum absolute atomic E-state index is 13.3. The van der Waals surface area contributed by atoms with Crippen molar-refractivity contribution in [1.29, 1.82) is 0 Å². The number of pyridine rings is 1. The summed E-state index contributed by atoms with van der Waals surface area (Å²) in [6.45, 7) is 3.19. The molecule has 6 rings (SSSR count). The van der Waals surface area contributed by atoms with Crippen molar-refractivity contribution in [3.8, 4) is 17.5 Å². The van der Waals surface area contributed by atoms with E-state index in [1.807, 2.05) is 0 Å². The molecule has 1 aliphatic rings. The van der Waals surface area contributed by atoms with Gasteiger partial charge in [0.15, 0.2) is 0 Å². The van der Waals surface area contributed by atoms with Gasteiger partial charge in [-0.05, 0) is 31.2 Å². The van der Waals surface area contributed by atoms with E-state index in [0.717, 1.165) is 6.07 Å². The van der Waals surface area contributed by atoms with Crippen LogP contribution in [0.1, 0.15) is 21.6 Å². The Morgan fingerprint density at radius 3 is 2.59 bits per heavy atom. The second kappa shape index (κ2) is 9.07. The first-order valence-electron chi connectivity index (χ1n) is 11.7. The van der Waals surface area contributed by atoms with Crippen molar-refractivity contribution in [2.75, 3.05) is 31.1 Å². The number of hydrogen-bond donors (Lipinski definition) is 1. The molecule has 0 aliphatic carbocycles. The second-order valence-electron chi connectivity index (χ2n) is 8.77. The first-order chi connectivity index (χ1) is 18.7. The maximum atomic E-state index is 13.3. The Morgan fingerprint density at radius 1 is 1.08 bits per heavy atom. The molecule has 0 radical (unpaired) electrons. The number of amides is 1. The zero-order chi connectivity index (χ0) is 27.3. The van der Waals surface area contributed by atoms with Crippen LogP contribution in [0, 0.1) is 6.92 Å². The summed E-state index contributed by atoms with van der Waals surface area (Å²) in [6, 6.07) is 5.58. The zero-order valence-corrected chi connectivity index (χ0v) is 20.3. The molecular formula is C23H19F3N10O3. The van der Waals surface area contributed by atoms with Crippen molar-refractivity contribution in [3.63, 3.8) is 0 Å². The topological polar surface area (TPSA) is 143 Å². The van der Waals surface area contributed by atoms with E-state index in [4.69, 9.17) is 4.42 Å². The van der Waals surface area contributed by atoms with Crippen LogP contribution in [-0.2, 0) is 6.18 Å². The second-order valence-corrected chi connectivity index (χ2v) is 8.77. The molecule has 0 spiro atoms. The van der Waals surface area contributed by atoms with Crippen LogP contribution in [-0.4, -0.2) is 76.5 Å². The molecule has 1 saturated heterocycles. The SMILES string of the molecule is Cc1c(C(=O)N2CCN(c3nnc(-c4ccc(C(F)(F)F)cn4)o3)CC2)cnn1-c1nn2cccc2c(=O)[nH]1. The van der Waals surface area contributed by atoms with Crippen LogP contribution in [0.15, 0.2) is 52.1 Å². The average molecular weight is 540 g/mol. The lowest BCUT2D eigenvalue weighted by Crippen LogP contribution is -2.49. The lowest BCUT2D eigenvalue weighted by Gasteiger charge is -2.33. The summed E-state index contributed by atoms with van der Waals surface area (Å²) in [6.07, 6.45) is -0.705. The summed E-state index contributed by atoms with van der Waals surface area (Å²) < 4.78 is 46.8. The number of anilines is 1. The Morgan fingerprint density at radius 2 is 1.87 bits per heavy atom. The number of alkyl halides is 3. The molecule has 0 atom stereocenters. The Balaban J connectivity index is 1.13. The average Bonchev–Trinajstić information content (AvgIpc) is 3.68. The van der Waals surface area contributed by atoms with Gasteiger partial charge in [0, 0.05) is 38.6 Å². The van der Waals surface area contributed by atoms with E-state index in [-0.39, 0.29) is 35.0 Å². The summed E-state index contributed by atoms with van der Waals surface area (Å²) >= 11 is 0. The Labute approximate surface area is 216 Å². The van der Waals surface area contributed by atoms with Gasteiger partial charge in [-0.15, -0.1) is 10.2 Å². The predicted octanol–water partition coefficient (Wildman–Crippen LogP) is 1.94. The van der Waals surface area contributed by atoms with Crippen molar-refractivity contribution >= 4 is 17.4 Å². The van der Waals surface area contributed by atoms with Gasteiger partial charge >= 0.3 is 12.2 Å². The zero-order valence-electron chi connectivity index (χ0n) is 20.3. The molecule has 0 unspecified atom stereocenters. The van der Waals surface area contributed by atoms with Crippen LogP contribution >= 0.6 is 0 Å². The van der Waals surface area contributed by atoms with Crippen molar-refractivity contribution in [1.82, 2.24) is 44.5 Å². The molecule has 200 valence electrons. The van der Waals surface area contributed by atoms with E-state index in [1.165, 1.54) is 21.5 Å². The molecule has 39 heavy (non-hydrogen) atoms. The lowest BCUT2D eigenvalue weighted by molar-refractivity contribution is -0.137. The lowest BCUT2D eigenvalue weighted by atomic mass is 10.2. The highest BCUT2D eigenvalue weighted by atomic mass is 19.4. The molecule has 0 bridgehead atoms. The Hall–Kier alpha value is -5.02. The van der Waals surface area contributed by atoms with E-state index < -0.39 is 11.7 Å². The highest BCUT2D eigenvalue weighted by molar-refractivity contribution is 5.95. The third-order valence-electron chi connectivity index (χ3n) is 6.39. The quantitative estimate of drug-likeness (QED) is 0.362. The van der Waals surface area contributed by atoms with E-state index in [9.17, 15) is 22.8 Å². The standard InChI is InChI=1S/C23H19F3N10O3/c1-13-15(12-28-36(13)21-29-18(37)17-3-2-6-35(17)32-21)20(38)33-7-9-34(10-8-33)22-31-30-19(39-22)16-5-4-14(11-27-16)23(24,25)26/h2-6,11-12H,7-10H2,1H3,(H,29,32,37). The predicted molar refractivity (Wildman–Crippen MR) is 128 cm³/mol. The maximum Gasteiger partial charge on any atom is 0.417 e. The molecule has 1 N–H and O–H groups in total. The summed E-state index contributed by atoms with van der Waals surface area (Å²) in [7, 11) is 0. The fraction of sp³-hybridized carbons (Fsp3) is 0.261. The molecule has 1 aliphatic heterocycles. The minimum Gasteiger partial charge on any atom is -0.402 e. The van der Waals surface area contributed by atoms with Gasteiger partial charge in [0.25, 0.3) is 17.4 Å². The van der Waals surface area contributed by atoms with Gasteiger partial charge in [0.1, 0.15) is 11.2 Å². The number of nitrogens with zero attached hydrogens (tertiary/aromatic N) is 9. The van der Waals surface area contributed by atoms with Gasteiger partial charge in [0.05, 0.1) is 23.0 Å². The molecule has 5 aromatic rings. The summed E-state index contributed by atoms with van der Waals surface area (Å²) in [5.74, 6) is -0.0622. The van der Waals surface area contributed by atoms with E-state index in [2.05, 4.69) is 30.4 Å². The van der Waals surface area contributed by atoms with Gasteiger partial charge in [-0.2, -0.15) is 18.3 Å². The summed E-state index contributed by atoms with van der Waals surface area (Å²) in [4.78, 5) is 35.4. The Bertz CT molecular complexity index is 1730. The number of carbonyl (C=O) groups excluding carboxylic acids is 1. The molecular weight excluding hydrogens is 521 g/mol. The number of piperazine rings is 1. The van der Waals surface area contributed by atoms with Crippen molar-refractivity contribution in [3.05, 3.63) is 70.0 Å².